The van der Waals surface area contributed by atoms with E-state index in [-0.39, 0.29) is 11.3 Å². The lowest BCUT2D eigenvalue weighted by molar-refractivity contribution is 0.229. The van der Waals surface area contributed by atoms with Crippen molar-refractivity contribution >= 4 is 5.69 Å². The second-order valence-electron chi connectivity index (χ2n) is 5.18. The van der Waals surface area contributed by atoms with Crippen LogP contribution in [0.5, 0.6) is 0 Å². The Morgan fingerprint density at radius 2 is 1.89 bits per heavy atom. The summed E-state index contributed by atoms with van der Waals surface area (Å²) in [5, 5.41) is 8.71. The van der Waals surface area contributed by atoms with E-state index in [0.717, 1.165) is 38.1 Å². The molecule has 0 N–H and O–H groups in total. The zero-order valence-corrected chi connectivity index (χ0v) is 10.6. The third kappa shape index (κ3) is 2.17. The predicted molar refractivity (Wildman–Crippen MR) is 67.9 cm³/mol. The van der Waals surface area contributed by atoms with Crippen LogP contribution in [0.15, 0.2) is 12.1 Å². The van der Waals surface area contributed by atoms with Crippen molar-refractivity contribution in [2.45, 2.75) is 18.9 Å². The molecule has 2 fully saturated rings. The number of hydrogen-bond donors (Lipinski definition) is 0. The van der Waals surface area contributed by atoms with E-state index in [1.54, 1.807) is 11.0 Å². The molecule has 2 aliphatic rings. The van der Waals surface area contributed by atoms with Crippen LogP contribution in [0.1, 0.15) is 18.4 Å². The standard InChI is InChI=1S/C14H15F2N3/c15-12-6-10(8-17)7-13(16)14(12)19-5-4-18-3-1-2-11(18)9-19/h6-7,11H,1-5,9H2. The Labute approximate surface area is 111 Å². The highest BCUT2D eigenvalue weighted by Gasteiger charge is 2.32. The molecule has 0 amide bonds. The van der Waals surface area contributed by atoms with Gasteiger partial charge in [-0.05, 0) is 31.5 Å². The highest BCUT2D eigenvalue weighted by atomic mass is 19.1. The summed E-state index contributed by atoms with van der Waals surface area (Å²) in [5.74, 6) is -1.27. The molecule has 0 spiro atoms. The Balaban J connectivity index is 1.88. The molecular formula is C14H15F2N3. The van der Waals surface area contributed by atoms with Gasteiger partial charge in [0.1, 0.15) is 5.69 Å². The summed E-state index contributed by atoms with van der Waals surface area (Å²) in [6.07, 6.45) is 2.26. The molecule has 5 heteroatoms. The molecule has 0 saturated carbocycles. The molecule has 100 valence electrons. The van der Waals surface area contributed by atoms with Crippen LogP contribution in [0.4, 0.5) is 14.5 Å². The van der Waals surface area contributed by atoms with Crippen LogP contribution in [0.25, 0.3) is 0 Å². The first kappa shape index (κ1) is 12.4. The van der Waals surface area contributed by atoms with Crippen LogP contribution >= 0.6 is 0 Å². The van der Waals surface area contributed by atoms with Crippen molar-refractivity contribution in [1.29, 1.82) is 5.26 Å². The maximum atomic E-state index is 14.0. The van der Waals surface area contributed by atoms with E-state index in [1.165, 1.54) is 0 Å². The predicted octanol–water partition coefficient (Wildman–Crippen LogP) is 2.12. The van der Waals surface area contributed by atoms with Gasteiger partial charge in [-0.2, -0.15) is 5.26 Å². The molecule has 1 atom stereocenters. The van der Waals surface area contributed by atoms with E-state index in [2.05, 4.69) is 4.90 Å². The van der Waals surface area contributed by atoms with Crippen molar-refractivity contribution in [2.75, 3.05) is 31.1 Å². The normalized spacial score (nSPS) is 23.2. The van der Waals surface area contributed by atoms with Gasteiger partial charge in [0.15, 0.2) is 11.6 Å². The van der Waals surface area contributed by atoms with Crippen molar-refractivity contribution in [1.82, 2.24) is 4.90 Å². The van der Waals surface area contributed by atoms with Gasteiger partial charge in [0.25, 0.3) is 0 Å². The lowest BCUT2D eigenvalue weighted by Gasteiger charge is -2.39. The summed E-state index contributed by atoms with van der Waals surface area (Å²) in [6.45, 7) is 3.25. The van der Waals surface area contributed by atoms with Crippen LogP contribution in [-0.2, 0) is 0 Å². The second kappa shape index (κ2) is 4.78. The largest absolute Gasteiger partial charge is 0.364 e. The van der Waals surface area contributed by atoms with Crippen LogP contribution in [0, 0.1) is 23.0 Å². The molecule has 1 aromatic rings. The van der Waals surface area contributed by atoms with E-state index < -0.39 is 11.6 Å². The van der Waals surface area contributed by atoms with Gasteiger partial charge in [-0.3, -0.25) is 4.90 Å². The molecule has 2 saturated heterocycles. The monoisotopic (exact) mass is 263 g/mol. The second-order valence-corrected chi connectivity index (χ2v) is 5.18. The summed E-state index contributed by atoms with van der Waals surface area (Å²) < 4.78 is 28.0. The summed E-state index contributed by atoms with van der Waals surface area (Å²) in [7, 11) is 0. The molecule has 3 rings (SSSR count). The average Bonchev–Trinajstić information content (AvgIpc) is 2.85. The number of anilines is 1. The fourth-order valence-corrected chi connectivity index (χ4v) is 3.13. The van der Waals surface area contributed by atoms with Crippen LogP contribution in [-0.4, -0.2) is 37.1 Å². The van der Waals surface area contributed by atoms with E-state index >= 15 is 0 Å². The number of rotatable bonds is 1. The minimum atomic E-state index is -0.636. The Morgan fingerprint density at radius 1 is 1.16 bits per heavy atom. The number of nitrogens with zero attached hydrogens (tertiary/aromatic N) is 3. The molecule has 19 heavy (non-hydrogen) atoms. The van der Waals surface area contributed by atoms with Gasteiger partial charge in [0, 0.05) is 25.7 Å². The van der Waals surface area contributed by atoms with E-state index in [9.17, 15) is 8.78 Å². The van der Waals surface area contributed by atoms with Gasteiger partial charge in [0.2, 0.25) is 0 Å². The van der Waals surface area contributed by atoms with Gasteiger partial charge in [-0.1, -0.05) is 0 Å². The first-order chi connectivity index (χ1) is 9.19. The first-order valence-corrected chi connectivity index (χ1v) is 6.57. The molecule has 3 nitrogen and oxygen atoms in total. The topological polar surface area (TPSA) is 30.3 Å². The van der Waals surface area contributed by atoms with Crippen molar-refractivity contribution in [2.24, 2.45) is 0 Å². The van der Waals surface area contributed by atoms with E-state index in [1.807, 2.05) is 0 Å². The number of halogens is 2. The van der Waals surface area contributed by atoms with Crippen LogP contribution < -0.4 is 4.90 Å². The molecule has 1 unspecified atom stereocenters. The summed E-state index contributed by atoms with van der Waals surface area (Å²) in [5.41, 5.74) is 0.0452. The SMILES string of the molecule is N#Cc1cc(F)c(N2CCN3CCCC3C2)c(F)c1. The van der Waals surface area contributed by atoms with Crippen LogP contribution in [0.3, 0.4) is 0 Å². The Kier molecular flexibility index (Phi) is 3.11. The van der Waals surface area contributed by atoms with Crippen molar-refractivity contribution in [3.63, 3.8) is 0 Å². The summed E-state index contributed by atoms with van der Waals surface area (Å²) in [6, 6.07) is 4.40. The highest BCUT2D eigenvalue weighted by molar-refractivity contribution is 5.53. The van der Waals surface area contributed by atoms with Gasteiger partial charge in [0.05, 0.1) is 11.6 Å². The van der Waals surface area contributed by atoms with Crippen molar-refractivity contribution in [3.05, 3.63) is 29.3 Å². The Bertz CT molecular complexity index is 515. The van der Waals surface area contributed by atoms with Gasteiger partial charge >= 0.3 is 0 Å². The maximum Gasteiger partial charge on any atom is 0.150 e. The van der Waals surface area contributed by atoms with Crippen molar-refractivity contribution < 1.29 is 8.78 Å². The van der Waals surface area contributed by atoms with Gasteiger partial charge in [-0.15, -0.1) is 0 Å². The molecular weight excluding hydrogens is 248 g/mol. The van der Waals surface area contributed by atoms with Gasteiger partial charge in [-0.25, -0.2) is 8.78 Å². The number of hydrogen-bond acceptors (Lipinski definition) is 3. The third-order valence-corrected chi connectivity index (χ3v) is 4.05. The molecule has 0 radical (unpaired) electrons. The molecule has 1 aromatic carbocycles. The highest BCUT2D eigenvalue weighted by Crippen LogP contribution is 2.29. The zero-order chi connectivity index (χ0) is 13.4. The molecule has 2 heterocycles. The van der Waals surface area contributed by atoms with E-state index in [4.69, 9.17) is 5.26 Å². The lowest BCUT2D eigenvalue weighted by atomic mass is 10.1. The number of nitriles is 1. The number of fused-ring (bicyclic) bond motifs is 1. The lowest BCUT2D eigenvalue weighted by Crippen LogP contribution is -2.50. The van der Waals surface area contributed by atoms with Crippen molar-refractivity contribution in [3.8, 4) is 6.07 Å². The summed E-state index contributed by atoms with van der Waals surface area (Å²) in [4.78, 5) is 4.16. The minimum Gasteiger partial charge on any atom is -0.364 e. The molecule has 0 bridgehead atoms. The molecule has 2 aliphatic heterocycles. The number of piperazine rings is 1. The zero-order valence-electron chi connectivity index (χ0n) is 10.6. The summed E-state index contributed by atoms with van der Waals surface area (Å²) >= 11 is 0. The smallest absolute Gasteiger partial charge is 0.150 e. The quantitative estimate of drug-likeness (QED) is 0.777. The third-order valence-electron chi connectivity index (χ3n) is 4.05. The van der Waals surface area contributed by atoms with Crippen LogP contribution in [0.2, 0.25) is 0 Å². The molecule has 0 aliphatic carbocycles. The Morgan fingerprint density at radius 3 is 2.58 bits per heavy atom. The molecule has 0 aromatic heterocycles. The fourth-order valence-electron chi connectivity index (χ4n) is 3.13. The first-order valence-electron chi connectivity index (χ1n) is 6.57. The fraction of sp³-hybridized carbons (Fsp3) is 0.500. The number of benzene rings is 1. The van der Waals surface area contributed by atoms with E-state index in [0.29, 0.717) is 19.1 Å². The average molecular weight is 263 g/mol. The minimum absolute atomic E-state index is 0.0190. The maximum absolute atomic E-state index is 14.0. The van der Waals surface area contributed by atoms with Gasteiger partial charge < -0.3 is 4.90 Å². The Hall–Kier alpha value is -1.67.